The Morgan fingerprint density at radius 3 is 3.31 bits per heavy atom. The highest BCUT2D eigenvalue weighted by Gasteiger charge is 2.19. The number of aromatic nitrogens is 1. The quantitative estimate of drug-likeness (QED) is 0.732. The summed E-state index contributed by atoms with van der Waals surface area (Å²) in [4.78, 5) is 17.1. The van der Waals surface area contributed by atoms with E-state index in [0.717, 1.165) is 30.9 Å². The number of ether oxygens (including phenoxy) is 1. The fourth-order valence-electron chi connectivity index (χ4n) is 1.78. The third-order valence-electron chi connectivity index (χ3n) is 2.65. The van der Waals surface area contributed by atoms with Gasteiger partial charge < -0.3 is 19.7 Å². The Hall–Kier alpha value is -1.62. The van der Waals surface area contributed by atoms with Gasteiger partial charge in [0.1, 0.15) is 17.9 Å². The molecule has 0 bridgehead atoms. The topological polar surface area (TPSA) is 54.5 Å². The van der Waals surface area contributed by atoms with Crippen molar-refractivity contribution >= 4 is 12.1 Å². The lowest BCUT2D eigenvalue weighted by Crippen LogP contribution is -2.51. The van der Waals surface area contributed by atoms with Gasteiger partial charge in [-0.1, -0.05) is 0 Å². The van der Waals surface area contributed by atoms with Crippen LogP contribution in [0.2, 0.25) is 0 Å². The average molecular weight is 221 g/mol. The lowest BCUT2D eigenvalue weighted by Gasteiger charge is -2.32. The van der Waals surface area contributed by atoms with Gasteiger partial charge in [0.25, 0.3) is 0 Å². The maximum atomic E-state index is 10.7. The summed E-state index contributed by atoms with van der Waals surface area (Å²) in [6, 6.07) is 3.58. The largest absolute Gasteiger partial charge is 0.497 e. The smallest absolute Gasteiger partial charge is 0.138 e. The van der Waals surface area contributed by atoms with Crippen LogP contribution < -0.4 is 15.0 Å². The number of hydrogen-bond acceptors (Lipinski definition) is 5. The number of anilines is 1. The van der Waals surface area contributed by atoms with Crippen LogP contribution in [-0.2, 0) is 4.79 Å². The fourth-order valence-corrected chi connectivity index (χ4v) is 1.78. The Balaban J connectivity index is 2.13. The van der Waals surface area contributed by atoms with Gasteiger partial charge in [0.15, 0.2) is 0 Å². The highest BCUT2D eigenvalue weighted by atomic mass is 16.5. The number of hydrogen-bond donors (Lipinski definition) is 1. The number of nitrogens with one attached hydrogen (secondary N) is 1. The van der Waals surface area contributed by atoms with Gasteiger partial charge in [-0.2, -0.15) is 0 Å². The van der Waals surface area contributed by atoms with Crippen molar-refractivity contribution in [3.63, 3.8) is 0 Å². The second-order valence-corrected chi connectivity index (χ2v) is 3.70. The van der Waals surface area contributed by atoms with Gasteiger partial charge in [-0.05, 0) is 6.07 Å². The van der Waals surface area contributed by atoms with Crippen LogP contribution in [0.4, 0.5) is 5.82 Å². The lowest BCUT2D eigenvalue weighted by atomic mass is 10.2. The van der Waals surface area contributed by atoms with E-state index in [-0.39, 0.29) is 6.04 Å². The highest BCUT2D eigenvalue weighted by molar-refractivity contribution is 5.60. The lowest BCUT2D eigenvalue weighted by molar-refractivity contribution is -0.109. The minimum Gasteiger partial charge on any atom is -0.497 e. The molecule has 5 heteroatoms. The summed E-state index contributed by atoms with van der Waals surface area (Å²) >= 11 is 0. The van der Waals surface area contributed by atoms with Crippen LogP contribution in [-0.4, -0.2) is 44.1 Å². The number of carbonyl (C=O) groups is 1. The van der Waals surface area contributed by atoms with Crippen LogP contribution in [0.15, 0.2) is 18.3 Å². The fraction of sp³-hybridized carbons (Fsp3) is 0.455. The number of rotatable bonds is 3. The zero-order valence-corrected chi connectivity index (χ0v) is 9.22. The van der Waals surface area contributed by atoms with Crippen LogP contribution in [0.25, 0.3) is 0 Å². The molecule has 0 aliphatic carbocycles. The molecule has 0 saturated carbocycles. The van der Waals surface area contributed by atoms with Gasteiger partial charge in [-0.25, -0.2) is 4.98 Å². The predicted molar refractivity (Wildman–Crippen MR) is 60.9 cm³/mol. The molecule has 1 N–H and O–H groups in total. The molecule has 1 saturated heterocycles. The van der Waals surface area contributed by atoms with Crippen molar-refractivity contribution in [1.82, 2.24) is 10.3 Å². The molecule has 0 aromatic carbocycles. The van der Waals surface area contributed by atoms with Crippen LogP contribution in [0, 0.1) is 0 Å². The highest BCUT2D eigenvalue weighted by Crippen LogP contribution is 2.18. The monoisotopic (exact) mass is 221 g/mol. The van der Waals surface area contributed by atoms with Gasteiger partial charge >= 0.3 is 0 Å². The van der Waals surface area contributed by atoms with Crippen molar-refractivity contribution in [3.05, 3.63) is 18.3 Å². The van der Waals surface area contributed by atoms with Crippen molar-refractivity contribution in [1.29, 1.82) is 0 Å². The van der Waals surface area contributed by atoms with Crippen LogP contribution in [0.5, 0.6) is 5.75 Å². The Bertz CT molecular complexity index is 370. The summed E-state index contributed by atoms with van der Waals surface area (Å²) in [6.45, 7) is 2.30. The maximum Gasteiger partial charge on any atom is 0.138 e. The molecule has 0 spiro atoms. The second-order valence-electron chi connectivity index (χ2n) is 3.70. The van der Waals surface area contributed by atoms with E-state index < -0.39 is 0 Å². The average Bonchev–Trinajstić information content (AvgIpc) is 2.39. The van der Waals surface area contributed by atoms with Crippen LogP contribution in [0.1, 0.15) is 0 Å². The van der Waals surface area contributed by atoms with Crippen molar-refractivity contribution in [2.75, 3.05) is 31.6 Å². The summed E-state index contributed by atoms with van der Waals surface area (Å²) in [5.41, 5.74) is 0. The molecule has 2 heterocycles. The molecule has 1 aliphatic rings. The van der Waals surface area contributed by atoms with E-state index in [0.29, 0.717) is 6.54 Å². The van der Waals surface area contributed by atoms with Gasteiger partial charge in [-0.15, -0.1) is 0 Å². The first-order valence-electron chi connectivity index (χ1n) is 5.27. The normalized spacial score (nSPS) is 20.6. The van der Waals surface area contributed by atoms with Crippen molar-refractivity contribution in [3.8, 4) is 5.75 Å². The molecular formula is C11H15N3O2. The van der Waals surface area contributed by atoms with Crippen molar-refractivity contribution < 1.29 is 9.53 Å². The summed E-state index contributed by atoms with van der Waals surface area (Å²) < 4.78 is 5.15. The van der Waals surface area contributed by atoms with E-state index >= 15 is 0 Å². The summed E-state index contributed by atoms with van der Waals surface area (Å²) in [5, 5.41) is 3.13. The molecule has 2 rings (SSSR count). The zero-order chi connectivity index (χ0) is 11.4. The number of nitrogens with zero attached hydrogens (tertiary/aromatic N) is 2. The predicted octanol–water partition coefficient (Wildman–Crippen LogP) is 0.0673. The Labute approximate surface area is 94.4 Å². The first kappa shape index (κ1) is 10.9. The van der Waals surface area contributed by atoms with Crippen LogP contribution in [0.3, 0.4) is 0 Å². The van der Waals surface area contributed by atoms with Crippen molar-refractivity contribution in [2.24, 2.45) is 0 Å². The van der Waals surface area contributed by atoms with E-state index in [1.807, 2.05) is 12.1 Å². The molecule has 1 aromatic heterocycles. The molecule has 0 amide bonds. The third kappa shape index (κ3) is 2.30. The molecular weight excluding hydrogens is 206 g/mol. The molecule has 1 aliphatic heterocycles. The van der Waals surface area contributed by atoms with Gasteiger partial charge in [0, 0.05) is 31.9 Å². The van der Waals surface area contributed by atoms with Crippen LogP contribution >= 0.6 is 0 Å². The molecule has 0 radical (unpaired) electrons. The van der Waals surface area contributed by atoms with Gasteiger partial charge in [0.05, 0.1) is 13.2 Å². The SMILES string of the molecule is COc1ccnc(N2CCNC(C=O)C2)c1. The Kier molecular flexibility index (Phi) is 3.36. The van der Waals surface area contributed by atoms with E-state index in [4.69, 9.17) is 4.74 Å². The summed E-state index contributed by atoms with van der Waals surface area (Å²) in [5.74, 6) is 1.64. The van der Waals surface area contributed by atoms with Gasteiger partial charge in [0.2, 0.25) is 0 Å². The minimum atomic E-state index is -0.109. The first-order valence-corrected chi connectivity index (χ1v) is 5.27. The molecule has 1 fully saturated rings. The van der Waals surface area contributed by atoms with E-state index in [2.05, 4.69) is 15.2 Å². The maximum absolute atomic E-state index is 10.7. The number of aldehydes is 1. The van der Waals surface area contributed by atoms with Gasteiger partial charge in [-0.3, -0.25) is 0 Å². The molecule has 5 nitrogen and oxygen atoms in total. The number of piperazine rings is 1. The standard InChI is InChI=1S/C11H15N3O2/c1-16-10-2-3-13-11(6-10)14-5-4-12-9(7-14)8-15/h2-3,6,8-9,12H,4-5,7H2,1H3. The van der Waals surface area contributed by atoms with Crippen molar-refractivity contribution in [2.45, 2.75) is 6.04 Å². The zero-order valence-electron chi connectivity index (χ0n) is 9.22. The van der Waals surface area contributed by atoms with E-state index in [9.17, 15) is 4.79 Å². The Morgan fingerprint density at radius 1 is 1.69 bits per heavy atom. The van der Waals surface area contributed by atoms with E-state index in [1.54, 1.807) is 13.3 Å². The first-order chi connectivity index (χ1) is 7.83. The molecule has 86 valence electrons. The number of carbonyl (C=O) groups excluding carboxylic acids is 1. The molecule has 1 atom stereocenters. The molecule has 1 aromatic rings. The number of methoxy groups -OCH3 is 1. The summed E-state index contributed by atoms with van der Waals surface area (Å²) in [6.07, 6.45) is 2.65. The van der Waals surface area contributed by atoms with E-state index in [1.165, 1.54) is 0 Å². The number of pyridine rings is 1. The molecule has 16 heavy (non-hydrogen) atoms. The Morgan fingerprint density at radius 2 is 2.56 bits per heavy atom. The minimum absolute atomic E-state index is 0.109. The third-order valence-corrected chi connectivity index (χ3v) is 2.65. The second kappa shape index (κ2) is 4.94. The molecule has 1 unspecified atom stereocenters. The summed E-state index contributed by atoms with van der Waals surface area (Å²) in [7, 11) is 1.63.